The molecule has 2 aliphatic heterocycles. The second-order valence-corrected chi connectivity index (χ2v) is 14.5. The van der Waals surface area contributed by atoms with E-state index in [1.165, 1.54) is 28.4 Å². The third kappa shape index (κ3) is 8.47. The van der Waals surface area contributed by atoms with Gasteiger partial charge in [0.1, 0.15) is 23.2 Å². The van der Waals surface area contributed by atoms with Crippen molar-refractivity contribution in [2.45, 2.75) is 60.5 Å². The molecule has 16 heteroatoms. The Labute approximate surface area is 282 Å². The number of amides is 2. The van der Waals surface area contributed by atoms with E-state index in [0.717, 1.165) is 28.0 Å². The van der Waals surface area contributed by atoms with Gasteiger partial charge in [0, 0.05) is 65.3 Å². The van der Waals surface area contributed by atoms with Crippen LogP contribution in [0.2, 0.25) is 10.0 Å². The molecule has 0 spiro atoms. The Kier molecular flexibility index (Phi) is 12.1. The summed E-state index contributed by atoms with van der Waals surface area (Å²) in [4.78, 5) is 51.7. The van der Waals surface area contributed by atoms with Gasteiger partial charge in [-0.15, -0.1) is 35.3 Å². The van der Waals surface area contributed by atoms with Crippen LogP contribution in [0.3, 0.4) is 0 Å². The molecule has 2 aliphatic rings. The predicted octanol–water partition coefficient (Wildman–Crippen LogP) is 2.86. The maximum Gasteiger partial charge on any atom is 0.352 e. The minimum Gasteiger partial charge on any atom is -0.481 e. The number of aromatic nitrogens is 1. The molecule has 3 heterocycles. The van der Waals surface area contributed by atoms with E-state index in [2.05, 4.69) is 5.32 Å². The lowest BCUT2D eigenvalue weighted by Crippen LogP contribution is -2.70. The number of aliphatic hydroxyl groups is 1. The number of aliphatic carboxylic acids is 2. The van der Waals surface area contributed by atoms with Crippen LogP contribution in [0.15, 0.2) is 45.3 Å². The molecule has 2 amide bonds. The van der Waals surface area contributed by atoms with Crippen molar-refractivity contribution in [3.8, 4) is 0 Å². The smallest absolute Gasteiger partial charge is 0.352 e. The Morgan fingerprint density at radius 3 is 2.44 bits per heavy atom. The average molecular weight is 717 g/mol. The van der Waals surface area contributed by atoms with Gasteiger partial charge in [0.25, 0.3) is 5.91 Å². The van der Waals surface area contributed by atoms with Crippen LogP contribution in [0.25, 0.3) is 0 Å². The molecule has 11 nitrogen and oxygen atoms in total. The Morgan fingerprint density at radius 1 is 1.13 bits per heavy atom. The van der Waals surface area contributed by atoms with Gasteiger partial charge in [0.05, 0.1) is 10.8 Å². The number of thioether (sulfide) groups is 3. The van der Waals surface area contributed by atoms with Crippen LogP contribution >= 0.6 is 58.5 Å². The third-order valence-corrected chi connectivity index (χ3v) is 11.5. The first-order chi connectivity index (χ1) is 21.3. The van der Waals surface area contributed by atoms with Crippen LogP contribution in [0.5, 0.6) is 0 Å². The van der Waals surface area contributed by atoms with Crippen LogP contribution < -0.4 is 15.6 Å². The number of aliphatic hydroxyl groups excluding tert-OH is 1. The first kappa shape index (κ1) is 35.4. The van der Waals surface area contributed by atoms with Crippen molar-refractivity contribution < 1.29 is 39.1 Å². The number of nitrogens with two attached hydrogens (primary N) is 1. The number of carboxylic acids is 2. The van der Waals surface area contributed by atoms with Gasteiger partial charge in [0.15, 0.2) is 17.9 Å². The number of fused-ring (bicyclic) bond motifs is 1. The molecule has 1 aromatic carbocycles. The zero-order chi connectivity index (χ0) is 33.0. The first-order valence-electron chi connectivity index (χ1n) is 13.8. The summed E-state index contributed by atoms with van der Waals surface area (Å²) in [5.74, 6) is -2.36. The van der Waals surface area contributed by atoms with Crippen molar-refractivity contribution in [3.63, 3.8) is 0 Å². The Balaban J connectivity index is 1.37. The highest BCUT2D eigenvalue weighted by Gasteiger charge is 2.54. The molecule has 4 rings (SSSR count). The molecule has 0 saturated carbocycles. The Bertz CT molecular complexity index is 1530. The van der Waals surface area contributed by atoms with Gasteiger partial charge in [-0.05, 0) is 29.7 Å². The van der Waals surface area contributed by atoms with E-state index in [1.54, 1.807) is 12.1 Å². The molecule has 0 aliphatic carbocycles. The SMILES string of the molecule is Cc1cc(SCC2=C(C(=O)O)N3C(=O)[C@@H](NC(=O)CSc4cc(Cl)c(CCC(=O)O)cc4Cl)[C@H]3SC2)cc(C)[n+]1CC(O)CN. The number of aryl methyl sites for hydroxylation is 3. The summed E-state index contributed by atoms with van der Waals surface area (Å²) in [6.45, 7) is 4.40. The molecule has 0 bridgehead atoms. The molecule has 1 unspecified atom stereocenters. The van der Waals surface area contributed by atoms with Gasteiger partial charge in [-0.1, -0.05) is 23.2 Å². The van der Waals surface area contributed by atoms with Gasteiger partial charge in [0.2, 0.25) is 5.91 Å². The molecule has 1 saturated heterocycles. The summed E-state index contributed by atoms with van der Waals surface area (Å²) in [5.41, 5.74) is 8.58. The van der Waals surface area contributed by atoms with E-state index < -0.39 is 41.3 Å². The number of rotatable bonds is 14. The van der Waals surface area contributed by atoms with Crippen molar-refractivity contribution >= 4 is 82.2 Å². The number of nitrogens with zero attached hydrogens (tertiary/aromatic N) is 2. The largest absolute Gasteiger partial charge is 0.481 e. The number of pyridine rings is 1. The van der Waals surface area contributed by atoms with Crippen LogP contribution in [0, 0.1) is 13.8 Å². The standard InChI is InChI=1S/C29H32Cl2N4O7S3/c1-14-5-19(6-15(2)34(14)10-18(36)9-32)43-11-17-12-45-28-25(27(40)35(28)26(17)29(41)42)33-23(37)13-44-22-8-20(30)16(7-21(22)31)3-4-24(38)39/h5-8,18,25,28,36H,3-4,9-13,32H2,1-2H3,(H2-,33,37,38,39,41,42)/p+1/t18?,25-,28-/m1/s1. The first-order valence-corrected chi connectivity index (χ1v) is 17.6. The number of hydrogen-bond donors (Lipinski definition) is 5. The molecular formula is C29H33Cl2N4O7S3+. The monoisotopic (exact) mass is 715 g/mol. The third-order valence-electron chi connectivity index (χ3n) is 7.27. The second-order valence-electron chi connectivity index (χ2n) is 10.5. The van der Waals surface area contributed by atoms with E-state index in [4.69, 9.17) is 34.0 Å². The Hall–Kier alpha value is -2.46. The van der Waals surface area contributed by atoms with Gasteiger partial charge in [-0.25, -0.2) is 4.79 Å². The van der Waals surface area contributed by atoms with Crippen LogP contribution in [-0.4, -0.2) is 85.3 Å². The highest BCUT2D eigenvalue weighted by atomic mass is 35.5. The van der Waals surface area contributed by atoms with E-state index in [0.29, 0.717) is 44.1 Å². The van der Waals surface area contributed by atoms with Crippen LogP contribution in [0.1, 0.15) is 23.4 Å². The number of carbonyl (C=O) groups excluding carboxylic acids is 2. The molecule has 1 aromatic heterocycles. The van der Waals surface area contributed by atoms with Crippen molar-refractivity contribution in [3.05, 3.63) is 62.5 Å². The number of hydrogen-bond acceptors (Lipinski definition) is 9. The number of benzene rings is 1. The van der Waals surface area contributed by atoms with E-state index in [1.807, 2.05) is 30.5 Å². The number of carboxylic acid groups (broad SMARTS) is 2. The predicted molar refractivity (Wildman–Crippen MR) is 175 cm³/mol. The quantitative estimate of drug-likeness (QED) is 0.111. The summed E-state index contributed by atoms with van der Waals surface area (Å²) in [7, 11) is 0. The van der Waals surface area contributed by atoms with E-state index >= 15 is 0 Å². The lowest BCUT2D eigenvalue weighted by molar-refractivity contribution is -0.714. The molecule has 45 heavy (non-hydrogen) atoms. The van der Waals surface area contributed by atoms with Gasteiger partial charge < -0.3 is 26.4 Å². The fraction of sp³-hybridized carbons (Fsp3) is 0.414. The topological polar surface area (TPSA) is 174 Å². The fourth-order valence-corrected chi connectivity index (χ4v) is 8.98. The number of halogens is 2. The molecule has 6 N–H and O–H groups in total. The molecule has 3 atom stereocenters. The minimum absolute atomic E-state index is 0.0500. The maximum atomic E-state index is 13.1. The van der Waals surface area contributed by atoms with Gasteiger partial charge in [-0.2, -0.15) is 4.57 Å². The average Bonchev–Trinajstić information content (AvgIpc) is 2.99. The van der Waals surface area contributed by atoms with E-state index in [9.17, 15) is 29.4 Å². The van der Waals surface area contributed by atoms with Gasteiger partial charge in [-0.3, -0.25) is 19.3 Å². The van der Waals surface area contributed by atoms with Crippen molar-refractivity contribution in [1.82, 2.24) is 10.2 Å². The maximum absolute atomic E-state index is 13.1. The number of carbonyl (C=O) groups is 4. The van der Waals surface area contributed by atoms with Crippen molar-refractivity contribution in [1.29, 1.82) is 0 Å². The molecule has 242 valence electrons. The lowest BCUT2D eigenvalue weighted by atomic mass is 10.0. The summed E-state index contributed by atoms with van der Waals surface area (Å²) in [6, 6.07) is 6.24. The van der Waals surface area contributed by atoms with Crippen LogP contribution in [-0.2, 0) is 32.1 Å². The number of β-lactam (4-membered cyclic amide) rings is 1. The summed E-state index contributed by atoms with van der Waals surface area (Å²) in [6.07, 6.45) is -0.528. The molecule has 0 radical (unpaired) electrons. The highest BCUT2D eigenvalue weighted by Crippen LogP contribution is 2.42. The summed E-state index contributed by atoms with van der Waals surface area (Å²) in [5, 5.41) is 31.8. The van der Waals surface area contributed by atoms with E-state index in [-0.39, 0.29) is 30.8 Å². The molecule has 2 aromatic rings. The summed E-state index contributed by atoms with van der Waals surface area (Å²) >= 11 is 16.6. The lowest BCUT2D eigenvalue weighted by Gasteiger charge is -2.49. The van der Waals surface area contributed by atoms with Crippen LogP contribution in [0.4, 0.5) is 0 Å². The number of nitrogens with one attached hydrogen (secondary N) is 1. The summed E-state index contributed by atoms with van der Waals surface area (Å²) < 4.78 is 1.97. The molecule has 1 fully saturated rings. The highest BCUT2D eigenvalue weighted by molar-refractivity contribution is 8.01. The van der Waals surface area contributed by atoms with Crippen molar-refractivity contribution in [2.24, 2.45) is 5.73 Å². The zero-order valence-corrected chi connectivity index (χ0v) is 28.4. The normalized spacial score (nSPS) is 18.4. The zero-order valence-electron chi connectivity index (χ0n) is 24.4. The second kappa shape index (κ2) is 15.4. The van der Waals surface area contributed by atoms with Crippen molar-refractivity contribution in [2.75, 3.05) is 23.8 Å². The molecular weight excluding hydrogens is 683 g/mol. The Morgan fingerprint density at radius 2 is 1.82 bits per heavy atom. The van der Waals surface area contributed by atoms with Gasteiger partial charge >= 0.3 is 11.9 Å². The fourth-order valence-electron chi connectivity index (χ4n) is 4.98. The minimum atomic E-state index is -1.20.